The van der Waals surface area contributed by atoms with E-state index in [4.69, 9.17) is 14.6 Å². The van der Waals surface area contributed by atoms with Crippen LogP contribution >= 0.6 is 0 Å². The van der Waals surface area contributed by atoms with Crippen molar-refractivity contribution >= 4 is 5.69 Å². The molecule has 0 aliphatic rings. The van der Waals surface area contributed by atoms with Gasteiger partial charge in [-0.15, -0.1) is 0 Å². The summed E-state index contributed by atoms with van der Waals surface area (Å²) in [6, 6.07) is 4.84. The van der Waals surface area contributed by atoms with Crippen molar-refractivity contribution in [2.75, 3.05) is 33.0 Å². The minimum Gasteiger partial charge on any atom is -0.484 e. The Hall–Kier alpha value is -1.70. The summed E-state index contributed by atoms with van der Waals surface area (Å²) < 4.78 is 10.5. The SMILES string of the molecule is CCCNCc1ccc([N+](=O)[O-])c(OCCOCCO)c1. The number of nitrogens with one attached hydrogen (secondary N) is 1. The Morgan fingerprint density at radius 1 is 1.33 bits per heavy atom. The summed E-state index contributed by atoms with van der Waals surface area (Å²) in [5, 5.41) is 22.8. The van der Waals surface area contributed by atoms with E-state index in [1.54, 1.807) is 12.1 Å². The van der Waals surface area contributed by atoms with Crippen LogP contribution in [-0.2, 0) is 11.3 Å². The topological polar surface area (TPSA) is 93.9 Å². The maximum absolute atomic E-state index is 11.0. The standard InChI is InChI=1S/C14H22N2O5/c1-2-5-15-11-12-3-4-13(16(18)19)14(10-12)21-9-8-20-7-6-17/h3-4,10,15,17H,2,5-9,11H2,1H3. The molecule has 118 valence electrons. The molecule has 0 bridgehead atoms. The lowest BCUT2D eigenvalue weighted by Gasteiger charge is -2.09. The number of nitro benzene ring substituents is 1. The van der Waals surface area contributed by atoms with Gasteiger partial charge in [0.15, 0.2) is 5.75 Å². The number of ether oxygens (including phenoxy) is 2. The molecule has 0 atom stereocenters. The van der Waals surface area contributed by atoms with E-state index in [1.165, 1.54) is 6.07 Å². The average Bonchev–Trinajstić information content (AvgIpc) is 2.47. The molecule has 2 N–H and O–H groups in total. The van der Waals surface area contributed by atoms with Crippen molar-refractivity contribution in [3.8, 4) is 5.75 Å². The summed E-state index contributed by atoms with van der Waals surface area (Å²) in [6.07, 6.45) is 1.03. The molecule has 0 amide bonds. The van der Waals surface area contributed by atoms with Crippen LogP contribution in [0.15, 0.2) is 18.2 Å². The fourth-order valence-electron chi connectivity index (χ4n) is 1.72. The minimum atomic E-state index is -0.465. The van der Waals surface area contributed by atoms with Crippen molar-refractivity contribution in [3.63, 3.8) is 0 Å². The summed E-state index contributed by atoms with van der Waals surface area (Å²) in [6.45, 7) is 4.25. The van der Waals surface area contributed by atoms with E-state index in [2.05, 4.69) is 12.2 Å². The highest BCUT2D eigenvalue weighted by Gasteiger charge is 2.15. The number of aliphatic hydroxyl groups is 1. The van der Waals surface area contributed by atoms with Crippen molar-refractivity contribution in [2.45, 2.75) is 19.9 Å². The van der Waals surface area contributed by atoms with Crippen molar-refractivity contribution in [1.29, 1.82) is 0 Å². The van der Waals surface area contributed by atoms with E-state index in [1.807, 2.05) is 0 Å². The lowest BCUT2D eigenvalue weighted by atomic mass is 10.2. The van der Waals surface area contributed by atoms with E-state index < -0.39 is 4.92 Å². The third-order valence-corrected chi connectivity index (χ3v) is 2.70. The first-order valence-corrected chi connectivity index (χ1v) is 6.98. The van der Waals surface area contributed by atoms with Crippen LogP contribution in [0.2, 0.25) is 0 Å². The molecule has 1 rings (SSSR count). The van der Waals surface area contributed by atoms with E-state index in [-0.39, 0.29) is 37.9 Å². The minimum absolute atomic E-state index is 0.0568. The second-order valence-corrected chi connectivity index (χ2v) is 4.42. The Balaban J connectivity index is 2.62. The van der Waals surface area contributed by atoms with Gasteiger partial charge in [0.25, 0.3) is 0 Å². The molecule has 0 radical (unpaired) electrons. The number of nitro groups is 1. The molecular formula is C14H22N2O5. The number of benzene rings is 1. The molecule has 1 aromatic carbocycles. The largest absolute Gasteiger partial charge is 0.484 e. The number of hydrogen-bond acceptors (Lipinski definition) is 6. The predicted octanol–water partition coefficient (Wildman–Crippen LogP) is 1.48. The molecular weight excluding hydrogens is 276 g/mol. The molecule has 0 spiro atoms. The molecule has 0 saturated heterocycles. The fourth-order valence-corrected chi connectivity index (χ4v) is 1.72. The summed E-state index contributed by atoms with van der Waals surface area (Å²) in [7, 11) is 0. The summed E-state index contributed by atoms with van der Waals surface area (Å²) in [4.78, 5) is 10.5. The second kappa shape index (κ2) is 10.1. The van der Waals surface area contributed by atoms with Crippen molar-refractivity contribution in [1.82, 2.24) is 5.32 Å². The monoisotopic (exact) mass is 298 g/mol. The van der Waals surface area contributed by atoms with Gasteiger partial charge < -0.3 is 19.9 Å². The Bertz CT molecular complexity index is 439. The summed E-state index contributed by atoms with van der Waals surface area (Å²) >= 11 is 0. The lowest BCUT2D eigenvalue weighted by Crippen LogP contribution is -2.14. The highest BCUT2D eigenvalue weighted by atomic mass is 16.6. The maximum atomic E-state index is 11.0. The molecule has 7 nitrogen and oxygen atoms in total. The third-order valence-electron chi connectivity index (χ3n) is 2.70. The van der Waals surface area contributed by atoms with Gasteiger partial charge in [0.2, 0.25) is 0 Å². The smallest absolute Gasteiger partial charge is 0.310 e. The summed E-state index contributed by atoms with van der Waals surface area (Å²) in [5.74, 6) is 0.239. The number of nitrogens with zero attached hydrogens (tertiary/aromatic N) is 1. The van der Waals surface area contributed by atoms with Gasteiger partial charge in [-0.1, -0.05) is 13.0 Å². The predicted molar refractivity (Wildman–Crippen MR) is 78.5 cm³/mol. The average molecular weight is 298 g/mol. The van der Waals surface area contributed by atoms with Gasteiger partial charge in [0, 0.05) is 12.6 Å². The van der Waals surface area contributed by atoms with Gasteiger partial charge in [0.05, 0.1) is 24.7 Å². The quantitative estimate of drug-likeness (QED) is 0.365. The van der Waals surface area contributed by atoms with Crippen molar-refractivity contribution in [3.05, 3.63) is 33.9 Å². The molecule has 0 heterocycles. The normalized spacial score (nSPS) is 10.6. The van der Waals surface area contributed by atoms with Crippen LogP contribution in [0.5, 0.6) is 5.75 Å². The van der Waals surface area contributed by atoms with Gasteiger partial charge in [-0.05, 0) is 24.6 Å². The van der Waals surface area contributed by atoms with Crippen molar-refractivity contribution in [2.24, 2.45) is 0 Å². The zero-order chi connectivity index (χ0) is 15.5. The number of rotatable bonds is 11. The number of aliphatic hydroxyl groups excluding tert-OH is 1. The first-order valence-electron chi connectivity index (χ1n) is 6.98. The molecule has 0 aliphatic heterocycles. The first kappa shape index (κ1) is 17.4. The third kappa shape index (κ3) is 6.52. The first-order chi connectivity index (χ1) is 10.2. The van der Waals surface area contributed by atoms with Crippen LogP contribution in [0.25, 0.3) is 0 Å². The molecule has 1 aromatic rings. The van der Waals surface area contributed by atoms with Crippen LogP contribution in [0, 0.1) is 10.1 Å². The van der Waals surface area contributed by atoms with Gasteiger partial charge in [-0.25, -0.2) is 0 Å². The van der Waals surface area contributed by atoms with E-state index in [0.29, 0.717) is 6.54 Å². The van der Waals surface area contributed by atoms with Crippen LogP contribution in [0.3, 0.4) is 0 Å². The molecule has 0 aromatic heterocycles. The molecule has 7 heteroatoms. The van der Waals surface area contributed by atoms with E-state index in [0.717, 1.165) is 18.5 Å². The highest BCUT2D eigenvalue weighted by Crippen LogP contribution is 2.27. The molecule has 21 heavy (non-hydrogen) atoms. The van der Waals surface area contributed by atoms with Crippen LogP contribution in [-0.4, -0.2) is 43.0 Å². The Kier molecular flexibility index (Phi) is 8.34. The Morgan fingerprint density at radius 2 is 2.14 bits per heavy atom. The van der Waals surface area contributed by atoms with Crippen LogP contribution < -0.4 is 10.1 Å². The Morgan fingerprint density at radius 3 is 2.81 bits per heavy atom. The van der Waals surface area contributed by atoms with E-state index >= 15 is 0 Å². The second-order valence-electron chi connectivity index (χ2n) is 4.42. The summed E-state index contributed by atoms with van der Waals surface area (Å²) in [5.41, 5.74) is 0.872. The zero-order valence-electron chi connectivity index (χ0n) is 12.2. The fraction of sp³-hybridized carbons (Fsp3) is 0.571. The zero-order valence-corrected chi connectivity index (χ0v) is 12.2. The number of hydrogen-bond donors (Lipinski definition) is 2. The van der Waals surface area contributed by atoms with Gasteiger partial charge in [-0.2, -0.15) is 0 Å². The van der Waals surface area contributed by atoms with Crippen LogP contribution in [0.4, 0.5) is 5.69 Å². The van der Waals surface area contributed by atoms with Crippen LogP contribution in [0.1, 0.15) is 18.9 Å². The lowest BCUT2D eigenvalue weighted by molar-refractivity contribution is -0.385. The maximum Gasteiger partial charge on any atom is 0.310 e. The van der Waals surface area contributed by atoms with Crippen molar-refractivity contribution < 1.29 is 19.5 Å². The van der Waals surface area contributed by atoms with Gasteiger partial charge in [-0.3, -0.25) is 10.1 Å². The highest BCUT2D eigenvalue weighted by molar-refractivity contribution is 5.48. The van der Waals surface area contributed by atoms with Gasteiger partial charge >= 0.3 is 5.69 Å². The molecule has 0 fully saturated rings. The molecule has 0 unspecified atom stereocenters. The Labute approximate surface area is 124 Å². The molecule has 0 saturated carbocycles. The molecule has 0 aliphatic carbocycles. The van der Waals surface area contributed by atoms with Gasteiger partial charge in [0.1, 0.15) is 6.61 Å². The van der Waals surface area contributed by atoms with E-state index in [9.17, 15) is 10.1 Å².